The summed E-state index contributed by atoms with van der Waals surface area (Å²) in [7, 11) is -2.20. The average Bonchev–Trinajstić information content (AvgIpc) is 2.06. The Morgan fingerprint density at radius 1 is 1.12 bits per heavy atom. The Balaban J connectivity index is -0.0000000960. The number of nitrogens with zero attached hydrogens (tertiary/aromatic N) is 1. The molecule has 9 heteroatoms. The summed E-state index contributed by atoms with van der Waals surface area (Å²) in [4.78, 5) is 0.197. The van der Waals surface area contributed by atoms with Crippen LogP contribution in [0.4, 0.5) is 0 Å². The summed E-state index contributed by atoms with van der Waals surface area (Å²) in [6.07, 6.45) is 0. The molecule has 0 atom stereocenters. The molecule has 0 bridgehead atoms. The molecule has 0 saturated heterocycles. The zero-order valence-corrected chi connectivity index (χ0v) is 12.5. The van der Waals surface area contributed by atoms with Crippen molar-refractivity contribution in [1.29, 1.82) is 0 Å². The van der Waals surface area contributed by atoms with Crippen molar-refractivity contribution in [1.82, 2.24) is 3.82 Å². The zero-order valence-electron chi connectivity index (χ0n) is 9.94. The molecule has 0 heterocycles. The molecule has 0 radical (unpaired) electrons. The molecule has 1 aromatic carbocycles. The molecule has 0 aliphatic carbocycles. The largest absolute Gasteiger partial charge is 1.00 e. The minimum Gasteiger partial charge on any atom is -1.00 e. The molecule has 1 aromatic rings. The van der Waals surface area contributed by atoms with Gasteiger partial charge >= 0.3 is 29.6 Å². The zero-order chi connectivity index (χ0) is 9.19. The topological polar surface area (TPSA) is 132 Å². The number of sulfonamides is 1. The molecule has 6 N–H and O–H groups in total. The number of rotatable bonds is 2. The number of hydrogen-bond acceptors (Lipinski definition) is 2. The smallest absolute Gasteiger partial charge is 1.00 e. The summed E-state index contributed by atoms with van der Waals surface area (Å²) in [5, 5.41) is 0. The summed E-state index contributed by atoms with van der Waals surface area (Å²) in [6.45, 7) is 0. The van der Waals surface area contributed by atoms with Crippen LogP contribution in [0.5, 0.6) is 0 Å². The molecule has 0 aromatic heterocycles. The minimum absolute atomic E-state index is 0. The first-order chi connectivity index (χ1) is 5.55. The van der Waals surface area contributed by atoms with Crippen LogP contribution in [-0.4, -0.2) is 35.7 Å². The van der Waals surface area contributed by atoms with Crippen LogP contribution in [0.25, 0.3) is 0 Å². The Bertz CT molecular complexity index is 364. The normalized spacial score (nSPS) is 8.94. The van der Waals surface area contributed by atoms with Crippen molar-refractivity contribution < 1.29 is 55.8 Å². The average molecular weight is 284 g/mol. The van der Waals surface area contributed by atoms with Crippen molar-refractivity contribution in [3.05, 3.63) is 30.3 Å². The summed E-state index contributed by atoms with van der Waals surface area (Å²) in [5.74, 6) is 0. The van der Waals surface area contributed by atoms with Gasteiger partial charge < -0.3 is 17.9 Å². The summed E-state index contributed by atoms with van der Waals surface area (Å²) < 4.78 is 23.3. The van der Waals surface area contributed by atoms with Gasteiger partial charge in [0.15, 0.2) is 0 Å². The molecule has 0 aliphatic rings. The Hall–Kier alpha value is 0.300. The van der Waals surface area contributed by atoms with Gasteiger partial charge in [0.2, 0.25) is 0 Å². The van der Waals surface area contributed by atoms with Crippen LogP contribution in [0, 0.1) is 0 Å². The van der Waals surface area contributed by atoms with E-state index >= 15 is 0 Å². The van der Waals surface area contributed by atoms with Crippen LogP contribution in [0.2, 0.25) is 0 Å². The van der Waals surface area contributed by atoms with E-state index < -0.39 is 10.0 Å². The van der Waals surface area contributed by atoms with E-state index in [2.05, 4.69) is 0 Å². The first-order valence-electron chi connectivity index (χ1n) is 3.25. The minimum atomic E-state index is -3.48. The van der Waals surface area contributed by atoms with Crippen LogP contribution in [0.1, 0.15) is 1.43 Å². The van der Waals surface area contributed by atoms with Crippen LogP contribution in [0.3, 0.4) is 0 Å². The van der Waals surface area contributed by atoms with Gasteiger partial charge in [0.05, 0.1) is 4.90 Å². The van der Waals surface area contributed by atoms with Gasteiger partial charge in [-0.25, -0.2) is 8.42 Å². The van der Waals surface area contributed by atoms with E-state index in [-0.39, 0.29) is 52.3 Å². The van der Waals surface area contributed by atoms with Crippen molar-refractivity contribution in [3.8, 4) is 0 Å². The first-order valence-corrected chi connectivity index (χ1v) is 5.03. The summed E-state index contributed by atoms with van der Waals surface area (Å²) in [5.41, 5.74) is 0. The Labute approximate surface area is 123 Å². The summed E-state index contributed by atoms with van der Waals surface area (Å²) in [6, 6.07) is 8.02. The predicted molar refractivity (Wildman–Crippen MR) is 59.2 cm³/mol. The molecule has 0 amide bonds. The third-order valence-corrected chi connectivity index (χ3v) is 3.45. The third kappa shape index (κ3) is 6.14. The van der Waals surface area contributed by atoms with Gasteiger partial charge in [0.1, 0.15) is 0 Å². The fourth-order valence-corrected chi connectivity index (χ4v) is 1.77. The van der Waals surface area contributed by atoms with Gasteiger partial charge in [0, 0.05) is 7.05 Å². The molecule has 0 aliphatic heterocycles. The fourth-order valence-electron chi connectivity index (χ4n) is 0.738. The fraction of sp³-hybridized carbons (Fsp3) is 0.143. The van der Waals surface area contributed by atoms with Crippen LogP contribution >= 0.6 is 11.8 Å². The maximum atomic E-state index is 11.3. The van der Waals surface area contributed by atoms with Crippen molar-refractivity contribution in [2.24, 2.45) is 0 Å². The second-order valence-electron chi connectivity index (χ2n) is 2.21. The predicted octanol–water partition coefficient (Wildman–Crippen LogP) is -3.90. The molecule has 0 unspecified atom stereocenters. The monoisotopic (exact) mass is 283 g/mol. The molecular formula is C7H15ClNNaO5S. The van der Waals surface area contributed by atoms with Gasteiger partial charge in [-0.15, -0.1) is 3.82 Å². The Morgan fingerprint density at radius 3 is 1.81 bits per heavy atom. The SMILES string of the molecule is CN(Cl)S(=O)(=O)c1ccccc1.O.O.O.[H-].[Na+]. The quantitative estimate of drug-likeness (QED) is 0.405. The molecule has 16 heavy (non-hydrogen) atoms. The second-order valence-corrected chi connectivity index (χ2v) is 4.89. The van der Waals surface area contributed by atoms with Gasteiger partial charge in [-0.1, -0.05) is 18.2 Å². The first kappa shape index (κ1) is 25.2. The van der Waals surface area contributed by atoms with E-state index in [0.717, 1.165) is 0 Å². The molecule has 0 saturated carbocycles. The molecule has 1 rings (SSSR count). The summed E-state index contributed by atoms with van der Waals surface area (Å²) >= 11 is 5.35. The van der Waals surface area contributed by atoms with Crippen molar-refractivity contribution in [2.45, 2.75) is 4.90 Å². The molecule has 6 nitrogen and oxygen atoms in total. The van der Waals surface area contributed by atoms with Crippen LogP contribution < -0.4 is 29.6 Å². The van der Waals surface area contributed by atoms with Crippen molar-refractivity contribution in [2.75, 3.05) is 7.05 Å². The Kier molecular flexibility index (Phi) is 16.5. The van der Waals surface area contributed by atoms with Crippen LogP contribution in [-0.2, 0) is 10.0 Å². The maximum absolute atomic E-state index is 11.3. The van der Waals surface area contributed by atoms with E-state index in [1.54, 1.807) is 18.2 Å². The number of benzene rings is 1. The molecule has 0 fully saturated rings. The molecular weight excluding hydrogens is 269 g/mol. The van der Waals surface area contributed by atoms with Gasteiger partial charge in [-0.05, 0) is 23.9 Å². The van der Waals surface area contributed by atoms with E-state index in [1.165, 1.54) is 19.2 Å². The van der Waals surface area contributed by atoms with E-state index in [4.69, 9.17) is 11.8 Å². The van der Waals surface area contributed by atoms with E-state index in [1.807, 2.05) is 0 Å². The van der Waals surface area contributed by atoms with Gasteiger partial charge in [-0.2, -0.15) is 0 Å². The number of halogens is 1. The van der Waals surface area contributed by atoms with Gasteiger partial charge in [-0.3, -0.25) is 0 Å². The Morgan fingerprint density at radius 2 is 1.50 bits per heavy atom. The van der Waals surface area contributed by atoms with E-state index in [9.17, 15) is 8.42 Å². The number of hydrogen-bond donors (Lipinski definition) is 0. The molecule has 0 spiro atoms. The van der Waals surface area contributed by atoms with Crippen molar-refractivity contribution in [3.63, 3.8) is 0 Å². The maximum Gasteiger partial charge on any atom is 1.00 e. The van der Waals surface area contributed by atoms with Crippen molar-refractivity contribution >= 4 is 21.8 Å². The standard InChI is InChI=1S/C7H8ClNO2S.Na.3H2O.H/c1-9(8)12(10,11)7-5-3-2-4-6-7;;;;;/h2-6H,1H3;;3*1H2;/q;+1;;;;-1. The second kappa shape index (κ2) is 10.5. The third-order valence-electron chi connectivity index (χ3n) is 1.37. The van der Waals surface area contributed by atoms with Crippen LogP contribution in [0.15, 0.2) is 35.2 Å². The van der Waals surface area contributed by atoms with E-state index in [0.29, 0.717) is 3.82 Å². The van der Waals surface area contributed by atoms with Gasteiger partial charge in [0.25, 0.3) is 10.0 Å². The molecule has 92 valence electrons.